The molecule has 3 aromatic rings. The van der Waals surface area contributed by atoms with Crippen molar-refractivity contribution in [2.24, 2.45) is 0 Å². The molecule has 1 aliphatic heterocycles. The van der Waals surface area contributed by atoms with Crippen molar-refractivity contribution < 1.29 is 0 Å². The van der Waals surface area contributed by atoms with E-state index < -0.39 is 0 Å². The molecule has 3 aromatic carbocycles. The molecule has 0 N–H and O–H groups in total. The largest absolute Gasteiger partial charge is 0.174 e. The summed E-state index contributed by atoms with van der Waals surface area (Å²) < 4.78 is 2.38. The first-order valence-electron chi connectivity index (χ1n) is 7.92. The lowest BCUT2D eigenvalue weighted by molar-refractivity contribution is 0.645. The average molecular weight is 348 g/mol. The van der Waals surface area contributed by atoms with E-state index >= 15 is 0 Å². The molecule has 4 rings (SSSR count). The molecule has 0 amide bonds. The second kappa shape index (κ2) is 7.31. The molecule has 0 saturated carbocycles. The van der Waals surface area contributed by atoms with Crippen molar-refractivity contribution in [3.8, 4) is 0 Å². The maximum atomic E-state index is 2.38. The molecule has 24 heavy (non-hydrogen) atoms. The summed E-state index contributed by atoms with van der Waals surface area (Å²) in [6, 6.07) is 30.0. The second-order valence-corrected chi connectivity index (χ2v) is 7.83. The van der Waals surface area contributed by atoms with E-state index in [0.29, 0.717) is 0 Å². The summed E-state index contributed by atoms with van der Waals surface area (Å²) in [6.07, 6.45) is 4.54. The van der Waals surface area contributed by atoms with E-state index in [4.69, 9.17) is 0 Å². The van der Waals surface area contributed by atoms with Crippen molar-refractivity contribution >= 4 is 30.0 Å². The smallest absolute Gasteiger partial charge is 0.0755 e. The van der Waals surface area contributed by atoms with Gasteiger partial charge in [0.15, 0.2) is 0 Å². The van der Waals surface area contributed by atoms with E-state index in [0.717, 1.165) is 0 Å². The van der Waals surface area contributed by atoms with Crippen molar-refractivity contribution in [3.63, 3.8) is 0 Å². The zero-order valence-corrected chi connectivity index (χ0v) is 14.7. The van der Waals surface area contributed by atoms with Crippen LogP contribution in [0.5, 0.6) is 0 Å². The van der Waals surface area contributed by atoms with Crippen molar-refractivity contribution in [3.05, 3.63) is 102 Å². The fourth-order valence-electron chi connectivity index (χ4n) is 2.66. The van der Waals surface area contributed by atoms with Crippen LogP contribution in [0.3, 0.4) is 0 Å². The molecule has 1 heterocycles. The predicted molar refractivity (Wildman–Crippen MR) is 105 cm³/mol. The van der Waals surface area contributed by atoms with E-state index in [1.54, 1.807) is 11.9 Å². The zero-order chi connectivity index (χ0) is 16.2. The molecule has 1 atom stereocenters. The Bertz CT molecular complexity index is 831. The maximum Gasteiger partial charge on any atom is 0.0755 e. The Labute approximate surface area is 151 Å². The van der Waals surface area contributed by atoms with Crippen LogP contribution in [0, 0.1) is 0 Å². The Morgan fingerprint density at radius 2 is 1.42 bits per heavy atom. The first-order valence-corrected chi connectivity index (χ1v) is 9.47. The molecule has 0 bridgehead atoms. The Kier molecular flexibility index (Phi) is 4.74. The summed E-state index contributed by atoms with van der Waals surface area (Å²) >= 11 is 3.60. The highest BCUT2D eigenvalue weighted by Crippen LogP contribution is 2.45. The molecule has 0 spiro atoms. The SMILES string of the molecule is C1=CC(c2ccccc2)N(Sc2ccccc2)Sc2ccccc21. The fraction of sp³-hybridized carbons (Fsp3) is 0.0476. The third-order valence-electron chi connectivity index (χ3n) is 3.87. The van der Waals surface area contributed by atoms with Gasteiger partial charge in [-0.15, -0.1) is 0 Å². The Morgan fingerprint density at radius 3 is 2.21 bits per heavy atom. The van der Waals surface area contributed by atoms with Gasteiger partial charge in [-0.1, -0.05) is 78.9 Å². The van der Waals surface area contributed by atoms with Crippen molar-refractivity contribution in [1.29, 1.82) is 0 Å². The summed E-state index contributed by atoms with van der Waals surface area (Å²) in [4.78, 5) is 2.54. The monoisotopic (exact) mass is 347 g/mol. The van der Waals surface area contributed by atoms with Gasteiger partial charge >= 0.3 is 0 Å². The summed E-state index contributed by atoms with van der Waals surface area (Å²) in [5, 5.41) is 0. The van der Waals surface area contributed by atoms with Crippen LogP contribution in [-0.2, 0) is 0 Å². The number of hydrogen-bond donors (Lipinski definition) is 0. The van der Waals surface area contributed by atoms with Crippen LogP contribution in [0.2, 0.25) is 0 Å². The molecule has 0 aliphatic carbocycles. The van der Waals surface area contributed by atoms with Crippen molar-refractivity contribution in [1.82, 2.24) is 3.71 Å². The Hall–Kier alpha value is -1.94. The second-order valence-electron chi connectivity index (χ2n) is 5.53. The van der Waals surface area contributed by atoms with Crippen LogP contribution in [0.15, 0.2) is 101 Å². The first-order chi connectivity index (χ1) is 11.9. The normalized spacial score (nSPS) is 17.2. The lowest BCUT2D eigenvalue weighted by atomic mass is 10.1. The number of hydrogen-bond acceptors (Lipinski definition) is 3. The molecule has 0 radical (unpaired) electrons. The minimum atomic E-state index is 0.216. The molecule has 1 aliphatic rings. The maximum absolute atomic E-state index is 2.38. The highest BCUT2D eigenvalue weighted by molar-refractivity contribution is 8.12. The van der Waals surface area contributed by atoms with Gasteiger partial charge in [0.1, 0.15) is 0 Å². The van der Waals surface area contributed by atoms with E-state index in [2.05, 4.69) is 101 Å². The average Bonchev–Trinajstić information content (AvgIpc) is 2.82. The highest BCUT2D eigenvalue weighted by atomic mass is 32.2. The molecule has 1 nitrogen and oxygen atoms in total. The van der Waals surface area contributed by atoms with E-state index in [1.807, 2.05) is 11.9 Å². The van der Waals surface area contributed by atoms with Gasteiger partial charge in [-0.05, 0) is 53.2 Å². The van der Waals surface area contributed by atoms with Gasteiger partial charge in [-0.3, -0.25) is 0 Å². The molecular weight excluding hydrogens is 330 g/mol. The van der Waals surface area contributed by atoms with Crippen LogP contribution < -0.4 is 0 Å². The van der Waals surface area contributed by atoms with Gasteiger partial charge in [-0.2, -0.15) is 3.71 Å². The number of fused-ring (bicyclic) bond motifs is 1. The molecule has 1 unspecified atom stereocenters. The minimum absolute atomic E-state index is 0.216. The summed E-state index contributed by atoms with van der Waals surface area (Å²) in [5.41, 5.74) is 2.58. The van der Waals surface area contributed by atoms with Gasteiger partial charge in [0.2, 0.25) is 0 Å². The van der Waals surface area contributed by atoms with E-state index in [1.165, 1.54) is 20.9 Å². The van der Waals surface area contributed by atoms with Gasteiger partial charge in [0, 0.05) is 9.79 Å². The zero-order valence-electron chi connectivity index (χ0n) is 13.1. The van der Waals surface area contributed by atoms with Gasteiger partial charge in [-0.25, -0.2) is 0 Å². The van der Waals surface area contributed by atoms with E-state index in [9.17, 15) is 0 Å². The third kappa shape index (κ3) is 3.44. The van der Waals surface area contributed by atoms with Crippen LogP contribution in [0.25, 0.3) is 6.08 Å². The minimum Gasteiger partial charge on any atom is -0.174 e. The molecule has 118 valence electrons. The molecular formula is C21H17NS2. The first kappa shape index (κ1) is 15.6. The van der Waals surface area contributed by atoms with Gasteiger partial charge in [0.25, 0.3) is 0 Å². The number of benzene rings is 3. The summed E-state index contributed by atoms with van der Waals surface area (Å²) in [7, 11) is 0. The molecule has 3 heteroatoms. The summed E-state index contributed by atoms with van der Waals surface area (Å²) in [6.45, 7) is 0. The summed E-state index contributed by atoms with van der Waals surface area (Å²) in [5.74, 6) is 0. The highest BCUT2D eigenvalue weighted by Gasteiger charge is 2.23. The quantitative estimate of drug-likeness (QED) is 0.500. The number of nitrogens with zero attached hydrogens (tertiary/aromatic N) is 1. The van der Waals surface area contributed by atoms with Crippen molar-refractivity contribution in [2.75, 3.05) is 0 Å². The van der Waals surface area contributed by atoms with Crippen LogP contribution in [0.1, 0.15) is 17.2 Å². The lowest BCUT2D eigenvalue weighted by Gasteiger charge is -2.26. The molecule has 0 aromatic heterocycles. The third-order valence-corrected chi connectivity index (χ3v) is 6.19. The van der Waals surface area contributed by atoms with Crippen LogP contribution >= 0.6 is 23.9 Å². The topological polar surface area (TPSA) is 3.24 Å². The standard InChI is InChI=1S/C21H17NS2/c1-3-9-17(10-4-1)20-16-15-18-11-7-8-14-21(18)24-22(20)23-19-12-5-2-6-13-19/h1-16,20H. The Balaban J connectivity index is 1.72. The Morgan fingerprint density at radius 1 is 0.750 bits per heavy atom. The van der Waals surface area contributed by atoms with Crippen LogP contribution in [0.4, 0.5) is 0 Å². The van der Waals surface area contributed by atoms with Crippen molar-refractivity contribution in [2.45, 2.75) is 15.8 Å². The fourth-order valence-corrected chi connectivity index (χ4v) is 4.98. The van der Waals surface area contributed by atoms with Gasteiger partial charge in [0.05, 0.1) is 6.04 Å². The number of rotatable bonds is 3. The lowest BCUT2D eigenvalue weighted by Crippen LogP contribution is -2.12. The van der Waals surface area contributed by atoms with Crippen LogP contribution in [-0.4, -0.2) is 3.71 Å². The van der Waals surface area contributed by atoms with Gasteiger partial charge < -0.3 is 0 Å². The predicted octanol–water partition coefficient (Wildman–Crippen LogP) is 6.47. The molecule has 0 saturated heterocycles. The molecule has 0 fully saturated rings. The van der Waals surface area contributed by atoms with E-state index in [-0.39, 0.29) is 6.04 Å².